The van der Waals surface area contributed by atoms with Crippen molar-refractivity contribution >= 4 is 22.1 Å². The highest BCUT2D eigenvalue weighted by molar-refractivity contribution is 5.91. The first-order valence-electron chi connectivity index (χ1n) is 6.45. The van der Waals surface area contributed by atoms with Gasteiger partial charge in [0.15, 0.2) is 0 Å². The maximum Gasteiger partial charge on any atom is 0.140 e. The van der Waals surface area contributed by atoms with Crippen LogP contribution in [-0.2, 0) is 0 Å². The number of nitrogens with zero attached hydrogens (tertiary/aromatic N) is 4. The summed E-state index contributed by atoms with van der Waals surface area (Å²) < 4.78 is 0. The standard InChI is InChI=1S/C16H9N5/c17-9-10-4-5-12-14(8-10)21-16(20-12)11-2-1-3-13-15(11)19-7-6-18-13/h1-8H,(H,20,21). The molecule has 4 aromatic rings. The van der Waals surface area contributed by atoms with Gasteiger partial charge in [0.25, 0.3) is 0 Å². The third kappa shape index (κ3) is 1.82. The number of hydrogen-bond acceptors (Lipinski definition) is 4. The van der Waals surface area contributed by atoms with Crippen LogP contribution in [0.15, 0.2) is 48.8 Å². The number of nitrogens with one attached hydrogen (secondary N) is 1. The lowest BCUT2D eigenvalue weighted by molar-refractivity contribution is 1.27. The van der Waals surface area contributed by atoms with E-state index >= 15 is 0 Å². The average molecular weight is 271 g/mol. The van der Waals surface area contributed by atoms with Gasteiger partial charge in [-0.1, -0.05) is 6.07 Å². The fourth-order valence-corrected chi connectivity index (χ4v) is 2.39. The summed E-state index contributed by atoms with van der Waals surface area (Å²) in [6.07, 6.45) is 3.34. The highest BCUT2D eigenvalue weighted by atomic mass is 14.9. The largest absolute Gasteiger partial charge is 0.338 e. The number of para-hydroxylation sites is 1. The van der Waals surface area contributed by atoms with Crippen LogP contribution in [0.5, 0.6) is 0 Å². The summed E-state index contributed by atoms with van der Waals surface area (Å²) in [5, 5.41) is 8.96. The van der Waals surface area contributed by atoms with Gasteiger partial charge >= 0.3 is 0 Å². The minimum Gasteiger partial charge on any atom is -0.338 e. The monoisotopic (exact) mass is 271 g/mol. The summed E-state index contributed by atoms with van der Waals surface area (Å²) in [4.78, 5) is 16.5. The molecule has 0 bridgehead atoms. The van der Waals surface area contributed by atoms with Gasteiger partial charge in [-0.15, -0.1) is 0 Å². The van der Waals surface area contributed by atoms with Crippen molar-refractivity contribution in [1.29, 1.82) is 5.26 Å². The van der Waals surface area contributed by atoms with Crippen molar-refractivity contribution in [2.75, 3.05) is 0 Å². The summed E-state index contributed by atoms with van der Waals surface area (Å²) in [6, 6.07) is 13.3. The predicted molar refractivity (Wildman–Crippen MR) is 79.3 cm³/mol. The molecule has 0 saturated carbocycles. The van der Waals surface area contributed by atoms with Gasteiger partial charge in [-0.3, -0.25) is 9.97 Å². The number of rotatable bonds is 1. The summed E-state index contributed by atoms with van der Waals surface area (Å²) >= 11 is 0. The number of aromatic amines is 1. The second-order valence-corrected chi connectivity index (χ2v) is 4.66. The molecule has 2 heterocycles. The zero-order chi connectivity index (χ0) is 14.2. The molecule has 0 radical (unpaired) electrons. The molecule has 2 aromatic heterocycles. The molecule has 0 aliphatic carbocycles. The first-order chi connectivity index (χ1) is 10.3. The Morgan fingerprint density at radius 3 is 2.81 bits per heavy atom. The van der Waals surface area contributed by atoms with Crippen LogP contribution in [0.25, 0.3) is 33.5 Å². The molecule has 0 spiro atoms. The molecule has 5 nitrogen and oxygen atoms in total. The summed E-state index contributed by atoms with van der Waals surface area (Å²) in [5.74, 6) is 0.728. The highest BCUT2D eigenvalue weighted by Crippen LogP contribution is 2.26. The molecule has 4 rings (SSSR count). The van der Waals surface area contributed by atoms with E-state index in [2.05, 4.69) is 26.0 Å². The van der Waals surface area contributed by atoms with E-state index in [-0.39, 0.29) is 0 Å². The summed E-state index contributed by atoms with van der Waals surface area (Å²) in [6.45, 7) is 0. The molecule has 0 aliphatic heterocycles. The van der Waals surface area contributed by atoms with Gasteiger partial charge in [0, 0.05) is 18.0 Å². The van der Waals surface area contributed by atoms with Crippen LogP contribution in [0.4, 0.5) is 0 Å². The quantitative estimate of drug-likeness (QED) is 0.577. The molecular weight excluding hydrogens is 262 g/mol. The Kier molecular flexibility index (Phi) is 2.42. The van der Waals surface area contributed by atoms with E-state index in [4.69, 9.17) is 5.26 Å². The summed E-state index contributed by atoms with van der Waals surface area (Å²) in [5.41, 5.74) is 4.80. The van der Waals surface area contributed by atoms with Crippen LogP contribution in [0.1, 0.15) is 5.56 Å². The van der Waals surface area contributed by atoms with E-state index < -0.39 is 0 Å². The Labute approximate surface area is 119 Å². The third-order valence-corrected chi connectivity index (χ3v) is 3.36. The topological polar surface area (TPSA) is 78.2 Å². The van der Waals surface area contributed by atoms with Crippen LogP contribution in [0, 0.1) is 11.3 Å². The number of benzene rings is 2. The van der Waals surface area contributed by atoms with Crippen LogP contribution < -0.4 is 0 Å². The molecule has 0 fully saturated rings. The van der Waals surface area contributed by atoms with Gasteiger partial charge in [-0.2, -0.15) is 5.26 Å². The van der Waals surface area contributed by atoms with Crippen LogP contribution >= 0.6 is 0 Å². The molecule has 21 heavy (non-hydrogen) atoms. The van der Waals surface area contributed by atoms with Crippen molar-refractivity contribution in [2.45, 2.75) is 0 Å². The second-order valence-electron chi connectivity index (χ2n) is 4.66. The fourth-order valence-electron chi connectivity index (χ4n) is 2.39. The van der Waals surface area contributed by atoms with Gasteiger partial charge in [0.2, 0.25) is 0 Å². The van der Waals surface area contributed by atoms with Crippen molar-refractivity contribution in [2.24, 2.45) is 0 Å². The lowest BCUT2D eigenvalue weighted by Gasteiger charge is -2.01. The minimum atomic E-state index is 0.607. The molecule has 2 aromatic carbocycles. The highest BCUT2D eigenvalue weighted by Gasteiger charge is 2.10. The number of nitriles is 1. The Balaban J connectivity index is 1.98. The first kappa shape index (κ1) is 11.6. The number of fused-ring (bicyclic) bond motifs is 2. The van der Waals surface area contributed by atoms with Crippen molar-refractivity contribution in [3.05, 3.63) is 54.4 Å². The molecular formula is C16H9N5. The number of hydrogen-bond donors (Lipinski definition) is 1. The Morgan fingerprint density at radius 2 is 1.90 bits per heavy atom. The fraction of sp³-hybridized carbons (Fsp3) is 0. The Bertz CT molecular complexity index is 1000. The van der Waals surface area contributed by atoms with Crippen molar-refractivity contribution in [3.63, 3.8) is 0 Å². The predicted octanol–water partition coefficient (Wildman–Crippen LogP) is 3.04. The lowest BCUT2D eigenvalue weighted by atomic mass is 10.1. The van der Waals surface area contributed by atoms with Gasteiger partial charge in [0.1, 0.15) is 5.82 Å². The summed E-state index contributed by atoms with van der Waals surface area (Å²) in [7, 11) is 0. The SMILES string of the molecule is N#Cc1ccc2nc(-c3cccc4nccnc34)[nH]c2c1. The van der Waals surface area contributed by atoms with E-state index in [0.29, 0.717) is 5.56 Å². The van der Waals surface area contributed by atoms with Gasteiger partial charge in [0.05, 0.1) is 33.7 Å². The average Bonchev–Trinajstić information content (AvgIpc) is 2.97. The molecule has 5 heteroatoms. The van der Waals surface area contributed by atoms with E-state index in [1.807, 2.05) is 24.3 Å². The molecule has 0 aliphatic rings. The maximum absolute atomic E-state index is 8.96. The van der Waals surface area contributed by atoms with Crippen molar-refractivity contribution in [3.8, 4) is 17.5 Å². The molecule has 1 N–H and O–H groups in total. The maximum atomic E-state index is 8.96. The van der Waals surface area contributed by atoms with Crippen LogP contribution in [0.3, 0.4) is 0 Å². The van der Waals surface area contributed by atoms with Gasteiger partial charge in [-0.25, -0.2) is 4.98 Å². The lowest BCUT2D eigenvalue weighted by Crippen LogP contribution is -1.87. The zero-order valence-electron chi connectivity index (χ0n) is 10.9. The van der Waals surface area contributed by atoms with E-state index in [9.17, 15) is 0 Å². The Morgan fingerprint density at radius 1 is 1.00 bits per heavy atom. The smallest absolute Gasteiger partial charge is 0.140 e. The van der Waals surface area contributed by atoms with Crippen LogP contribution in [-0.4, -0.2) is 19.9 Å². The first-order valence-corrected chi connectivity index (χ1v) is 6.45. The molecule has 0 atom stereocenters. The number of H-pyrrole nitrogens is 1. The normalized spacial score (nSPS) is 10.8. The van der Waals surface area contributed by atoms with E-state index in [1.165, 1.54) is 0 Å². The van der Waals surface area contributed by atoms with E-state index in [0.717, 1.165) is 33.5 Å². The Hall–Kier alpha value is -3.26. The molecule has 0 unspecified atom stereocenters. The zero-order valence-corrected chi connectivity index (χ0v) is 10.9. The second kappa shape index (κ2) is 4.39. The van der Waals surface area contributed by atoms with Crippen molar-refractivity contribution in [1.82, 2.24) is 19.9 Å². The number of aromatic nitrogens is 4. The van der Waals surface area contributed by atoms with Crippen LogP contribution in [0.2, 0.25) is 0 Å². The molecule has 98 valence electrons. The van der Waals surface area contributed by atoms with E-state index in [1.54, 1.807) is 24.5 Å². The van der Waals surface area contributed by atoms with Gasteiger partial charge in [-0.05, 0) is 30.3 Å². The third-order valence-electron chi connectivity index (χ3n) is 3.36. The molecule has 0 saturated heterocycles. The van der Waals surface area contributed by atoms with Gasteiger partial charge < -0.3 is 4.98 Å². The number of imidazole rings is 1. The molecule has 0 amide bonds. The minimum absolute atomic E-state index is 0.607. The van der Waals surface area contributed by atoms with Crippen molar-refractivity contribution < 1.29 is 0 Å².